The van der Waals surface area contributed by atoms with Gasteiger partial charge in [-0.1, -0.05) is 20.8 Å². The number of rotatable bonds is 10. The molecule has 4 N–H and O–H groups in total. The monoisotopic (exact) mass is 329 g/mol. The van der Waals surface area contributed by atoms with Crippen LogP contribution in [-0.4, -0.2) is 48.2 Å². The van der Waals surface area contributed by atoms with Crippen LogP contribution < -0.4 is 16.0 Å². The number of carbonyl (C=O) groups excluding carboxylic acids is 1. The second kappa shape index (κ2) is 9.88. The van der Waals surface area contributed by atoms with Gasteiger partial charge >= 0.3 is 5.97 Å². The van der Waals surface area contributed by atoms with Gasteiger partial charge in [-0.15, -0.1) is 0 Å². The van der Waals surface area contributed by atoms with Gasteiger partial charge in [-0.2, -0.15) is 0 Å². The number of carbonyl (C=O) groups is 2. The van der Waals surface area contributed by atoms with E-state index in [4.69, 9.17) is 5.11 Å². The largest absolute Gasteiger partial charge is 0.481 e. The Hall–Kier alpha value is -1.14. The van der Waals surface area contributed by atoms with Gasteiger partial charge in [0.05, 0.1) is 0 Å². The molecule has 0 unspecified atom stereocenters. The number of hydrogen-bond donors (Lipinski definition) is 4. The maximum absolute atomic E-state index is 12.0. The average Bonchev–Trinajstić information content (AvgIpc) is 2.31. The van der Waals surface area contributed by atoms with Gasteiger partial charge in [0, 0.05) is 44.1 Å². The number of carboxylic acids is 1. The zero-order chi connectivity index (χ0) is 18.1. The summed E-state index contributed by atoms with van der Waals surface area (Å²) < 4.78 is 0. The molecule has 0 saturated carbocycles. The molecule has 136 valence electrons. The Morgan fingerprint density at radius 3 is 2.13 bits per heavy atom. The summed E-state index contributed by atoms with van der Waals surface area (Å²) in [5.41, 5.74) is -0.00317. The molecule has 0 aliphatic heterocycles. The lowest BCUT2D eigenvalue weighted by molar-refractivity contribution is -0.137. The van der Waals surface area contributed by atoms with E-state index in [1.54, 1.807) is 0 Å². The van der Waals surface area contributed by atoms with Crippen molar-refractivity contribution < 1.29 is 14.7 Å². The summed E-state index contributed by atoms with van der Waals surface area (Å²) >= 11 is 0. The molecule has 1 atom stereocenters. The highest BCUT2D eigenvalue weighted by molar-refractivity contribution is 5.77. The average molecular weight is 329 g/mol. The van der Waals surface area contributed by atoms with Crippen LogP contribution in [0.1, 0.15) is 60.8 Å². The Labute approximate surface area is 140 Å². The van der Waals surface area contributed by atoms with Crippen LogP contribution in [0.5, 0.6) is 0 Å². The van der Waals surface area contributed by atoms with Crippen LogP contribution >= 0.6 is 0 Å². The minimum atomic E-state index is -0.838. The Morgan fingerprint density at radius 2 is 1.65 bits per heavy atom. The molecule has 0 bridgehead atoms. The first kappa shape index (κ1) is 21.9. The van der Waals surface area contributed by atoms with Gasteiger partial charge in [0.25, 0.3) is 0 Å². The van der Waals surface area contributed by atoms with Crippen LogP contribution in [0.2, 0.25) is 0 Å². The molecule has 0 heterocycles. The van der Waals surface area contributed by atoms with Crippen LogP contribution in [0.3, 0.4) is 0 Å². The molecule has 1 amide bonds. The van der Waals surface area contributed by atoms with Crippen molar-refractivity contribution in [2.75, 3.05) is 19.6 Å². The van der Waals surface area contributed by atoms with Gasteiger partial charge in [-0.05, 0) is 32.6 Å². The fraction of sp³-hybridized carbons (Fsp3) is 0.882. The van der Waals surface area contributed by atoms with Gasteiger partial charge < -0.3 is 21.1 Å². The molecule has 0 aliphatic carbocycles. The summed E-state index contributed by atoms with van der Waals surface area (Å²) in [5, 5.41) is 18.4. The Kier molecular flexibility index (Phi) is 9.39. The van der Waals surface area contributed by atoms with Crippen molar-refractivity contribution in [2.24, 2.45) is 5.41 Å². The third-order valence-electron chi connectivity index (χ3n) is 3.11. The van der Waals surface area contributed by atoms with Gasteiger partial charge in [0.2, 0.25) is 5.91 Å². The third-order valence-corrected chi connectivity index (χ3v) is 3.11. The zero-order valence-corrected chi connectivity index (χ0v) is 15.6. The predicted octanol–water partition coefficient (Wildman–Crippen LogP) is 1.75. The van der Waals surface area contributed by atoms with E-state index in [0.717, 1.165) is 13.1 Å². The highest BCUT2D eigenvalue weighted by Crippen LogP contribution is 2.18. The van der Waals surface area contributed by atoms with E-state index in [1.807, 2.05) is 20.8 Å². The summed E-state index contributed by atoms with van der Waals surface area (Å²) in [7, 11) is 0. The van der Waals surface area contributed by atoms with E-state index in [-0.39, 0.29) is 29.3 Å². The van der Waals surface area contributed by atoms with Crippen molar-refractivity contribution in [3.05, 3.63) is 0 Å². The van der Waals surface area contributed by atoms with Crippen LogP contribution in [0, 0.1) is 5.41 Å². The summed E-state index contributed by atoms with van der Waals surface area (Å²) in [6.45, 7) is 14.5. The third kappa shape index (κ3) is 15.5. The zero-order valence-electron chi connectivity index (χ0n) is 15.6. The number of amides is 1. The molecule has 0 rings (SSSR count). The molecule has 0 aromatic rings. The molecular weight excluding hydrogens is 294 g/mol. The molecule has 0 aliphatic rings. The SMILES string of the molecule is CC(C)(C)CC(=O)N[C@H](CCC(=O)O)CNCCNC(C)(C)C. The molecule has 6 heteroatoms. The van der Waals surface area contributed by atoms with Crippen molar-refractivity contribution in [1.82, 2.24) is 16.0 Å². The van der Waals surface area contributed by atoms with E-state index in [9.17, 15) is 9.59 Å². The molecule has 23 heavy (non-hydrogen) atoms. The number of carboxylic acid groups (broad SMARTS) is 1. The summed E-state index contributed by atoms with van der Waals surface area (Å²) in [6, 6.07) is -0.157. The van der Waals surface area contributed by atoms with Gasteiger partial charge in [0.15, 0.2) is 0 Å². The lowest BCUT2D eigenvalue weighted by atomic mass is 9.92. The Balaban J connectivity index is 4.24. The molecule has 0 saturated heterocycles. The summed E-state index contributed by atoms with van der Waals surface area (Å²) in [6.07, 6.45) is 0.926. The van der Waals surface area contributed by atoms with Crippen molar-refractivity contribution in [2.45, 2.75) is 72.4 Å². The van der Waals surface area contributed by atoms with Gasteiger partial charge in [-0.25, -0.2) is 0 Å². The highest BCUT2D eigenvalue weighted by atomic mass is 16.4. The lowest BCUT2D eigenvalue weighted by Crippen LogP contribution is -2.46. The second-order valence-corrected chi connectivity index (χ2v) is 8.32. The molecular formula is C17H35N3O3. The first-order valence-corrected chi connectivity index (χ1v) is 8.36. The van der Waals surface area contributed by atoms with Crippen LogP contribution in [0.25, 0.3) is 0 Å². The van der Waals surface area contributed by atoms with Crippen molar-refractivity contribution >= 4 is 11.9 Å². The molecule has 6 nitrogen and oxygen atoms in total. The molecule has 0 radical (unpaired) electrons. The number of aliphatic carboxylic acids is 1. The molecule has 0 spiro atoms. The van der Waals surface area contributed by atoms with E-state index >= 15 is 0 Å². The fourth-order valence-corrected chi connectivity index (χ4v) is 2.09. The van der Waals surface area contributed by atoms with Gasteiger partial charge in [0.1, 0.15) is 0 Å². The summed E-state index contributed by atoms with van der Waals surface area (Å²) in [4.78, 5) is 22.8. The molecule has 0 aromatic heterocycles. The van der Waals surface area contributed by atoms with Crippen molar-refractivity contribution in [3.63, 3.8) is 0 Å². The van der Waals surface area contributed by atoms with Crippen molar-refractivity contribution in [3.8, 4) is 0 Å². The topological polar surface area (TPSA) is 90.5 Å². The summed E-state index contributed by atoms with van der Waals surface area (Å²) in [5.74, 6) is -0.864. The standard InChI is InChI=1S/C17H35N3O3/c1-16(2,3)11-14(21)20-13(7-8-15(22)23)12-18-9-10-19-17(4,5)6/h13,18-19H,7-12H2,1-6H3,(H,20,21)(H,22,23)/t13-/m1/s1. The minimum absolute atomic E-state index is 0.0255. The fourth-order valence-electron chi connectivity index (χ4n) is 2.09. The number of hydrogen-bond acceptors (Lipinski definition) is 4. The van der Waals surface area contributed by atoms with Crippen molar-refractivity contribution in [1.29, 1.82) is 0 Å². The maximum atomic E-state index is 12.0. The van der Waals surface area contributed by atoms with Crippen LogP contribution in [0.4, 0.5) is 0 Å². The van der Waals surface area contributed by atoms with E-state index < -0.39 is 5.97 Å². The highest BCUT2D eigenvalue weighted by Gasteiger charge is 2.19. The minimum Gasteiger partial charge on any atom is -0.481 e. The molecule has 0 fully saturated rings. The second-order valence-electron chi connectivity index (χ2n) is 8.32. The van der Waals surface area contributed by atoms with E-state index in [0.29, 0.717) is 19.4 Å². The van der Waals surface area contributed by atoms with Gasteiger partial charge in [-0.3, -0.25) is 9.59 Å². The smallest absolute Gasteiger partial charge is 0.303 e. The Morgan fingerprint density at radius 1 is 1.04 bits per heavy atom. The van der Waals surface area contributed by atoms with E-state index in [1.165, 1.54) is 0 Å². The lowest BCUT2D eigenvalue weighted by Gasteiger charge is -2.23. The quantitative estimate of drug-likeness (QED) is 0.459. The number of nitrogens with one attached hydrogen (secondary N) is 3. The first-order chi connectivity index (χ1) is 10.4. The van der Waals surface area contributed by atoms with Crippen LogP contribution in [-0.2, 0) is 9.59 Å². The predicted molar refractivity (Wildman–Crippen MR) is 93.5 cm³/mol. The maximum Gasteiger partial charge on any atom is 0.303 e. The molecule has 0 aromatic carbocycles. The first-order valence-electron chi connectivity index (χ1n) is 8.36. The Bertz CT molecular complexity index is 370. The normalized spacial score (nSPS) is 13.7. The van der Waals surface area contributed by atoms with Crippen LogP contribution in [0.15, 0.2) is 0 Å². The van der Waals surface area contributed by atoms with E-state index in [2.05, 4.69) is 36.7 Å².